The van der Waals surface area contributed by atoms with E-state index in [1.807, 2.05) is 0 Å². The van der Waals surface area contributed by atoms with E-state index in [0.717, 1.165) is 0 Å². The number of rotatable bonds is 1. The first-order valence-electron chi connectivity index (χ1n) is 1.76. The number of hydrogen-bond donors (Lipinski definition) is 0. The lowest BCUT2D eigenvalue weighted by molar-refractivity contribution is -0.137. The molecule has 0 saturated carbocycles. The van der Waals surface area contributed by atoms with Gasteiger partial charge in [-0.25, -0.2) is 0 Å². The van der Waals surface area contributed by atoms with Gasteiger partial charge in [0.05, 0.1) is 13.5 Å². The molecule has 3 nitrogen and oxygen atoms in total. The molecule has 0 heterocycles. The van der Waals surface area contributed by atoms with E-state index in [-0.39, 0.29) is 5.48 Å². The molecular formula is C4H9O3. The van der Waals surface area contributed by atoms with E-state index in [1.165, 1.54) is 0 Å². The first-order valence-corrected chi connectivity index (χ1v) is 1.76. The van der Waals surface area contributed by atoms with Crippen LogP contribution < -0.4 is 0 Å². The van der Waals surface area contributed by atoms with Gasteiger partial charge in [0.1, 0.15) is 0 Å². The van der Waals surface area contributed by atoms with Crippen molar-refractivity contribution < 1.29 is 15.0 Å². The first kappa shape index (κ1) is 9.66. The molecule has 43 valence electrons. The summed E-state index contributed by atoms with van der Waals surface area (Å²) in [6, 6.07) is 0. The summed E-state index contributed by atoms with van der Waals surface area (Å²) in [5.41, 5.74) is 0. The molecular weight excluding hydrogens is 96.0 g/mol. The Balaban J connectivity index is 0. The van der Waals surface area contributed by atoms with Gasteiger partial charge in [-0.15, -0.1) is 0 Å². The average molecular weight is 105 g/mol. The summed E-state index contributed by atoms with van der Waals surface area (Å²) in [4.78, 5) is 9.71. The molecule has 0 atom stereocenters. The summed E-state index contributed by atoms with van der Waals surface area (Å²) < 4.78 is 4.29. The first-order chi connectivity index (χ1) is 2.77. The fourth-order valence-electron chi connectivity index (χ4n) is 0.161. The Morgan fingerprint density at radius 2 is 2.29 bits per heavy atom. The molecule has 0 aromatic carbocycles. The predicted octanol–water partition coefficient (Wildman–Crippen LogP) is -0.441. The third-order valence-electron chi connectivity index (χ3n) is 0.305. The minimum atomic E-state index is -0.461. The summed E-state index contributed by atoms with van der Waals surface area (Å²) in [7, 11) is 0. The zero-order valence-corrected chi connectivity index (χ0v) is 4.23. The van der Waals surface area contributed by atoms with Crippen LogP contribution in [0, 0.1) is 6.92 Å². The van der Waals surface area contributed by atoms with E-state index in [0.29, 0.717) is 6.61 Å². The lowest BCUT2D eigenvalue weighted by Crippen LogP contribution is -1.95. The standard InChI is InChI=1S/C4H7O2.H2O/c1-3-6-4(2)5;/h2-3H2,1H3;1H2. The number of hydrogen-bond acceptors (Lipinski definition) is 2. The highest BCUT2D eigenvalue weighted by Crippen LogP contribution is 1.68. The van der Waals surface area contributed by atoms with Crippen LogP contribution in [-0.4, -0.2) is 18.1 Å². The summed E-state index contributed by atoms with van der Waals surface area (Å²) in [6.07, 6.45) is 0. The Morgan fingerprint density at radius 1 is 1.86 bits per heavy atom. The van der Waals surface area contributed by atoms with Gasteiger partial charge in [0.25, 0.3) is 0 Å². The molecule has 0 rings (SSSR count). The quantitative estimate of drug-likeness (QED) is 0.424. The zero-order chi connectivity index (χ0) is 4.99. The van der Waals surface area contributed by atoms with Crippen LogP contribution in [0.25, 0.3) is 0 Å². The highest BCUT2D eigenvalue weighted by Gasteiger charge is 1.82. The molecule has 3 heteroatoms. The fraction of sp³-hybridized carbons (Fsp3) is 0.500. The molecule has 0 aliphatic heterocycles. The average Bonchev–Trinajstić information content (AvgIpc) is 1.35. The molecule has 0 aliphatic carbocycles. The van der Waals surface area contributed by atoms with E-state index in [2.05, 4.69) is 11.7 Å². The molecule has 0 aromatic heterocycles. The maximum atomic E-state index is 9.71. The molecule has 7 heavy (non-hydrogen) atoms. The Morgan fingerprint density at radius 3 is 2.29 bits per heavy atom. The summed E-state index contributed by atoms with van der Waals surface area (Å²) in [5.74, 6) is -0.461. The van der Waals surface area contributed by atoms with Crippen molar-refractivity contribution in [2.75, 3.05) is 6.61 Å². The monoisotopic (exact) mass is 105 g/mol. The summed E-state index contributed by atoms with van der Waals surface area (Å²) >= 11 is 0. The van der Waals surface area contributed by atoms with E-state index < -0.39 is 5.97 Å². The smallest absolute Gasteiger partial charge is 0.306 e. The Kier molecular flexibility index (Phi) is 7.49. The van der Waals surface area contributed by atoms with E-state index in [4.69, 9.17) is 0 Å². The van der Waals surface area contributed by atoms with E-state index in [9.17, 15) is 4.79 Å². The largest absolute Gasteiger partial charge is 0.466 e. The van der Waals surface area contributed by atoms with Gasteiger partial charge in [-0.3, -0.25) is 4.79 Å². The maximum absolute atomic E-state index is 9.71. The van der Waals surface area contributed by atoms with Crippen LogP contribution in [0.15, 0.2) is 0 Å². The van der Waals surface area contributed by atoms with Crippen molar-refractivity contribution in [1.29, 1.82) is 0 Å². The number of carbonyl (C=O) groups is 1. The molecule has 0 unspecified atom stereocenters. The van der Waals surface area contributed by atoms with Gasteiger partial charge >= 0.3 is 5.97 Å². The van der Waals surface area contributed by atoms with Crippen LogP contribution in [-0.2, 0) is 9.53 Å². The summed E-state index contributed by atoms with van der Waals surface area (Å²) in [5, 5.41) is 0. The van der Waals surface area contributed by atoms with E-state index >= 15 is 0 Å². The molecule has 0 fully saturated rings. The molecule has 1 radical (unpaired) electrons. The molecule has 0 amide bonds. The molecule has 0 spiro atoms. The third-order valence-corrected chi connectivity index (χ3v) is 0.305. The van der Waals surface area contributed by atoms with Crippen molar-refractivity contribution in [3.05, 3.63) is 6.92 Å². The SMILES string of the molecule is O.[CH2]C(=O)OCC. The van der Waals surface area contributed by atoms with Gasteiger partial charge in [0.2, 0.25) is 0 Å². The number of carbonyl (C=O) groups excluding carboxylic acids is 1. The van der Waals surface area contributed by atoms with Crippen molar-refractivity contribution in [2.24, 2.45) is 0 Å². The third kappa shape index (κ3) is 10.8. The highest BCUT2D eigenvalue weighted by molar-refractivity contribution is 5.73. The lowest BCUT2D eigenvalue weighted by Gasteiger charge is -1.89. The van der Waals surface area contributed by atoms with Crippen molar-refractivity contribution in [1.82, 2.24) is 0 Å². The van der Waals surface area contributed by atoms with Crippen LogP contribution in [0.3, 0.4) is 0 Å². The molecule has 0 aliphatic rings. The van der Waals surface area contributed by atoms with Crippen molar-refractivity contribution >= 4 is 5.97 Å². The van der Waals surface area contributed by atoms with Gasteiger partial charge in [0.15, 0.2) is 0 Å². The normalized spacial score (nSPS) is 6.57. The summed E-state index contributed by atoms with van der Waals surface area (Å²) in [6.45, 7) is 5.13. The van der Waals surface area contributed by atoms with E-state index in [1.54, 1.807) is 6.92 Å². The molecule has 2 N–H and O–H groups in total. The predicted molar refractivity (Wildman–Crippen MR) is 25.6 cm³/mol. The van der Waals surface area contributed by atoms with Crippen molar-refractivity contribution in [2.45, 2.75) is 6.92 Å². The fourth-order valence-corrected chi connectivity index (χ4v) is 0.161. The van der Waals surface area contributed by atoms with Crippen LogP contribution in [0.4, 0.5) is 0 Å². The Bertz CT molecular complexity index is 50.9. The molecule has 0 saturated heterocycles. The lowest BCUT2D eigenvalue weighted by atomic mass is 10.8. The van der Waals surface area contributed by atoms with Crippen LogP contribution in [0.1, 0.15) is 6.92 Å². The van der Waals surface area contributed by atoms with Gasteiger partial charge in [0, 0.05) is 0 Å². The maximum Gasteiger partial charge on any atom is 0.306 e. The Hall–Kier alpha value is -0.570. The molecule has 0 bridgehead atoms. The van der Waals surface area contributed by atoms with Crippen LogP contribution >= 0.6 is 0 Å². The van der Waals surface area contributed by atoms with Crippen molar-refractivity contribution in [3.63, 3.8) is 0 Å². The zero-order valence-electron chi connectivity index (χ0n) is 4.23. The van der Waals surface area contributed by atoms with Gasteiger partial charge < -0.3 is 10.2 Å². The van der Waals surface area contributed by atoms with Gasteiger partial charge in [-0.05, 0) is 6.92 Å². The highest BCUT2D eigenvalue weighted by atomic mass is 16.5. The van der Waals surface area contributed by atoms with Crippen molar-refractivity contribution in [3.8, 4) is 0 Å². The Labute approximate surface area is 42.6 Å². The second-order valence-electron chi connectivity index (χ2n) is 0.805. The second-order valence-corrected chi connectivity index (χ2v) is 0.805. The molecule has 0 aromatic rings. The van der Waals surface area contributed by atoms with Gasteiger partial charge in [-0.2, -0.15) is 0 Å². The topological polar surface area (TPSA) is 57.8 Å². The van der Waals surface area contributed by atoms with Gasteiger partial charge in [-0.1, -0.05) is 0 Å². The minimum absolute atomic E-state index is 0. The number of ether oxygens (including phenoxy) is 1. The second kappa shape index (κ2) is 5.43. The number of esters is 1. The van der Waals surface area contributed by atoms with Crippen LogP contribution in [0.5, 0.6) is 0 Å². The van der Waals surface area contributed by atoms with Crippen LogP contribution in [0.2, 0.25) is 0 Å². The minimum Gasteiger partial charge on any atom is -0.466 e.